The van der Waals surface area contributed by atoms with Crippen molar-refractivity contribution in [2.75, 3.05) is 0 Å². The van der Waals surface area contributed by atoms with Gasteiger partial charge in [-0.2, -0.15) is 0 Å². The van der Waals surface area contributed by atoms with Crippen LogP contribution in [-0.4, -0.2) is 23.3 Å². The zero-order valence-electron chi connectivity index (χ0n) is 52.7. The predicted octanol–water partition coefficient (Wildman–Crippen LogP) is 18.1. The van der Waals surface area contributed by atoms with Crippen LogP contribution in [0.25, 0.3) is 111 Å². The fourth-order valence-electron chi connectivity index (χ4n) is 10.8. The molecule has 0 amide bonds. The maximum absolute atomic E-state index is 9.66. The molecule has 78 heavy (non-hydrogen) atoms. The van der Waals surface area contributed by atoms with E-state index in [1.807, 2.05) is 166 Å². The summed E-state index contributed by atoms with van der Waals surface area (Å²) in [6.45, 7) is 8.56. The van der Waals surface area contributed by atoms with Gasteiger partial charge in [0.15, 0.2) is 0 Å². The summed E-state index contributed by atoms with van der Waals surface area (Å²) in [5, 5.41) is 3.83. The van der Waals surface area contributed by atoms with Crippen molar-refractivity contribution in [3.63, 3.8) is 0 Å². The summed E-state index contributed by atoms with van der Waals surface area (Å²) in [4.78, 5) is 4.89. The molecule has 0 aliphatic carbocycles. The van der Waals surface area contributed by atoms with Crippen molar-refractivity contribution in [3.8, 4) is 67.8 Å². The van der Waals surface area contributed by atoms with Crippen LogP contribution in [-0.2, 0) is 24.8 Å². The number of nitrogens with zero attached hydrogens (tertiary/aromatic N) is 5. The number of fused-ring (bicyclic) bond motifs is 7. The van der Waals surface area contributed by atoms with Gasteiger partial charge in [0.2, 0.25) is 0 Å². The van der Waals surface area contributed by atoms with Gasteiger partial charge in [0.05, 0.1) is 0 Å². The first-order valence-electron chi connectivity index (χ1n) is 30.5. The van der Waals surface area contributed by atoms with Crippen LogP contribution in [0.1, 0.15) is 45.6 Å². The van der Waals surface area contributed by atoms with Crippen molar-refractivity contribution in [2.45, 2.75) is 33.1 Å². The molecule has 14 aromatic rings. The van der Waals surface area contributed by atoms with Gasteiger partial charge in [0.25, 0.3) is 0 Å². The van der Waals surface area contributed by atoms with Crippen LogP contribution in [0, 0.1) is 22.9 Å². The maximum atomic E-state index is 9.66. The molecule has 4 aromatic heterocycles. The molecule has 0 radical (unpaired) electrons. The van der Waals surface area contributed by atoms with Crippen LogP contribution in [0.2, 0.25) is 0 Å². The Morgan fingerprint density at radius 1 is 0.487 bits per heavy atom. The first-order chi connectivity index (χ1) is 42.3. The molecule has 14 rings (SSSR count). The summed E-state index contributed by atoms with van der Waals surface area (Å²) in [6.07, 6.45) is 1.84. The minimum atomic E-state index is -0.589. The molecule has 6 nitrogen and oxygen atoms in total. The van der Waals surface area contributed by atoms with Crippen molar-refractivity contribution in [3.05, 3.63) is 264 Å². The molecule has 0 N–H and O–H groups in total. The number of hydrogen-bond acceptors (Lipinski definition) is 2. The van der Waals surface area contributed by atoms with Crippen LogP contribution < -0.4 is 4.74 Å². The third-order valence-corrected chi connectivity index (χ3v) is 15.5. The number of ether oxygens (including phenoxy) is 1. The van der Waals surface area contributed by atoms with Gasteiger partial charge in [-0.1, -0.05) is 32.9 Å². The van der Waals surface area contributed by atoms with E-state index in [1.165, 1.54) is 0 Å². The van der Waals surface area contributed by atoms with Crippen molar-refractivity contribution < 1.29 is 37.8 Å². The number of imidazole rings is 1. The van der Waals surface area contributed by atoms with Gasteiger partial charge >= 0.3 is 424 Å². The van der Waals surface area contributed by atoms with E-state index in [4.69, 9.17) is 17.9 Å². The average Bonchev–Trinajstić information content (AvgIpc) is 1.43. The molecule has 0 atom stereocenters. The molecule has 378 valence electrons. The fourth-order valence-corrected chi connectivity index (χ4v) is 11.9. The van der Waals surface area contributed by atoms with E-state index in [0.717, 1.165) is 71.7 Å². The quantitative estimate of drug-likeness (QED) is 0.135. The predicted molar refractivity (Wildman–Crippen MR) is 316 cm³/mol. The Hall–Kier alpha value is -9.09. The first kappa shape index (κ1) is 37.6. The van der Waals surface area contributed by atoms with Crippen LogP contribution in [0.3, 0.4) is 0 Å². The Kier molecular flexibility index (Phi) is 9.10. The van der Waals surface area contributed by atoms with E-state index in [9.17, 15) is 5.48 Å². The Labute approximate surface area is 477 Å². The molecular weight excluding hydrogens is 1130 g/mol. The zero-order chi connectivity index (χ0) is 61.4. The number of rotatable bonds is 9. The normalized spacial score (nSPS) is 13.7. The molecule has 0 saturated carbocycles. The molecule has 0 aliphatic heterocycles. The second-order valence-electron chi connectivity index (χ2n) is 20.3. The van der Waals surface area contributed by atoms with Gasteiger partial charge in [-0.25, -0.2) is 0 Å². The number of aromatic nitrogens is 5. The van der Waals surface area contributed by atoms with Crippen molar-refractivity contribution in [1.82, 2.24) is 23.3 Å². The second kappa shape index (κ2) is 18.9. The summed E-state index contributed by atoms with van der Waals surface area (Å²) in [5.41, 5.74) is 9.35. The van der Waals surface area contributed by atoms with Crippen LogP contribution in [0.4, 0.5) is 0 Å². The molecular formula is C71H51N5OPt-2. The Morgan fingerprint density at radius 3 is 1.64 bits per heavy atom. The minimum absolute atomic E-state index is 0.134. The molecule has 0 aliphatic rings. The number of aryl methyl sites for hydroxylation is 1. The van der Waals surface area contributed by atoms with Gasteiger partial charge in [0, 0.05) is 6.20 Å². The van der Waals surface area contributed by atoms with E-state index >= 15 is 0 Å². The third kappa shape index (κ3) is 8.06. The van der Waals surface area contributed by atoms with Gasteiger partial charge in [-0.05, 0) is 17.0 Å². The van der Waals surface area contributed by atoms with Crippen molar-refractivity contribution in [1.29, 1.82) is 0 Å². The molecule has 10 aromatic carbocycles. The molecule has 4 heterocycles. The van der Waals surface area contributed by atoms with Crippen LogP contribution in [0.15, 0.2) is 236 Å². The summed E-state index contributed by atoms with van der Waals surface area (Å²) < 4.78 is 108. The van der Waals surface area contributed by atoms with E-state index in [1.54, 1.807) is 12.1 Å². The van der Waals surface area contributed by atoms with Gasteiger partial charge < -0.3 is 0 Å². The first-order valence-corrected chi connectivity index (χ1v) is 26.7. The summed E-state index contributed by atoms with van der Waals surface area (Å²) in [6, 6.07) is 57.0. The van der Waals surface area contributed by atoms with E-state index in [2.05, 4.69) is 75.0 Å². The van der Waals surface area contributed by atoms with Gasteiger partial charge in [-0.3, -0.25) is 0 Å². The molecule has 0 bridgehead atoms. The Balaban J connectivity index is 1.06. The van der Waals surface area contributed by atoms with Gasteiger partial charge in [0.1, 0.15) is 0 Å². The number of pyridine rings is 1. The van der Waals surface area contributed by atoms with E-state index in [0.29, 0.717) is 37.7 Å². The SMILES string of the molecule is [2H]c1c([2H])c([2H])c(-c2cc(-n3c4ccccc4c4ccccc43)cc(-c3c([2H])c([2H])c([2H])c([2H])c3[2H])c2-n2[c](=[Pt])n(-c3[c-]c(Oc4[c-]c5c(cc4)c4ccccc4n5-c4cc(C(C)(C)C)ccn4)cc(-c4ccc(C)cc4)c3)c3ccccc32)c([2H])c1[2H]. The molecule has 0 saturated heterocycles. The van der Waals surface area contributed by atoms with Crippen molar-refractivity contribution >= 4 is 54.6 Å². The molecule has 0 unspecified atom stereocenters. The number of benzene rings is 10. The standard InChI is InChI=1S/C71H51N5O.Pt/c1-47-31-33-48(34-32-47)51-39-53(42-56(40-51)77-55-35-36-60-59-25-13-16-28-65(59)76(68(60)45-55)69-41-52(37-38-72-69)71(2,3)4)73-46-74(67-30-18-17-29-66(67)73)70-61(49-19-7-5-8-20-49)43-54(44-62(70)50-21-9-6-10-22-50)75-63-26-14-11-23-57(63)58-24-12-15-27-64(58)75;/h5-41,43-44H,1-4H3;/q-2;/i5D,6D,7D,8D,9D,10D,19D,20D,21D,22D;. The average molecular weight is 1200 g/mol. The Bertz CT molecular complexity index is 5150. The van der Waals surface area contributed by atoms with E-state index in [-0.39, 0.29) is 33.4 Å². The summed E-state index contributed by atoms with van der Waals surface area (Å²) in [5.74, 6) is 1.52. The molecule has 7 heteroatoms. The molecule has 0 spiro atoms. The number of hydrogen-bond donors (Lipinski definition) is 0. The fraction of sp³-hybridized carbons (Fsp3) is 0.0704. The summed E-state index contributed by atoms with van der Waals surface area (Å²) in [7, 11) is 0. The zero-order valence-corrected chi connectivity index (χ0v) is 45.0. The van der Waals surface area contributed by atoms with Crippen molar-refractivity contribution in [2.24, 2.45) is 0 Å². The summed E-state index contributed by atoms with van der Waals surface area (Å²) >= 11 is 2.21. The Morgan fingerprint density at radius 2 is 1.04 bits per heavy atom. The van der Waals surface area contributed by atoms with Crippen LogP contribution in [0.5, 0.6) is 11.5 Å². The monoisotopic (exact) mass is 1190 g/mol. The number of para-hydroxylation sites is 5. The second-order valence-corrected chi connectivity index (χ2v) is 21.4. The topological polar surface area (TPSA) is 41.8 Å². The third-order valence-electron chi connectivity index (χ3n) is 14.5. The van der Waals surface area contributed by atoms with Crippen LogP contribution >= 0.6 is 0 Å². The van der Waals surface area contributed by atoms with E-state index < -0.39 is 60.4 Å². The van der Waals surface area contributed by atoms with Gasteiger partial charge in [-0.15, -0.1) is 0 Å². The molecule has 0 fully saturated rings.